The van der Waals surface area contributed by atoms with E-state index in [4.69, 9.17) is 12.2 Å². The number of hydrogen-bond acceptors (Lipinski definition) is 1. The molecule has 0 unspecified atom stereocenters. The number of rotatable bonds is 2. The third-order valence-corrected chi connectivity index (χ3v) is 3.65. The van der Waals surface area contributed by atoms with Crippen LogP contribution in [0.15, 0.2) is 24.3 Å². The van der Waals surface area contributed by atoms with Gasteiger partial charge in [-0.1, -0.05) is 13.0 Å². The smallest absolute Gasteiger partial charge is 0.170 e. The minimum Gasteiger partial charge on any atom is -0.360 e. The van der Waals surface area contributed by atoms with Crippen LogP contribution in [0.4, 0.5) is 10.1 Å². The summed E-state index contributed by atoms with van der Waals surface area (Å²) in [4.78, 5) is 0. The van der Waals surface area contributed by atoms with Crippen LogP contribution in [-0.2, 0) is 0 Å². The summed E-state index contributed by atoms with van der Waals surface area (Å²) in [6.07, 6.45) is 4.82. The van der Waals surface area contributed by atoms with Crippen molar-refractivity contribution in [2.24, 2.45) is 5.92 Å². The van der Waals surface area contributed by atoms with Crippen LogP contribution in [0.3, 0.4) is 0 Å². The Morgan fingerprint density at radius 3 is 2.67 bits per heavy atom. The topological polar surface area (TPSA) is 24.1 Å². The Kier molecular flexibility index (Phi) is 4.53. The van der Waals surface area contributed by atoms with Crippen molar-refractivity contribution in [3.05, 3.63) is 30.1 Å². The van der Waals surface area contributed by atoms with Crippen LogP contribution >= 0.6 is 12.2 Å². The zero-order valence-corrected chi connectivity index (χ0v) is 11.4. The molecule has 4 heteroatoms. The van der Waals surface area contributed by atoms with E-state index in [2.05, 4.69) is 17.6 Å². The first-order chi connectivity index (χ1) is 8.63. The first-order valence-corrected chi connectivity index (χ1v) is 6.87. The van der Waals surface area contributed by atoms with Gasteiger partial charge in [-0.2, -0.15) is 0 Å². The van der Waals surface area contributed by atoms with Gasteiger partial charge in [-0.25, -0.2) is 4.39 Å². The maximum atomic E-state index is 13.0. The van der Waals surface area contributed by atoms with Gasteiger partial charge in [0.05, 0.1) is 0 Å². The largest absolute Gasteiger partial charge is 0.360 e. The summed E-state index contributed by atoms with van der Waals surface area (Å²) in [7, 11) is 0. The Labute approximate surface area is 113 Å². The Bertz CT molecular complexity index is 414. The predicted molar refractivity (Wildman–Crippen MR) is 77.2 cm³/mol. The molecule has 2 N–H and O–H groups in total. The summed E-state index contributed by atoms with van der Waals surface area (Å²) in [5.41, 5.74) is 0.691. The number of nitrogens with one attached hydrogen (secondary N) is 2. The second-order valence-electron chi connectivity index (χ2n) is 5.07. The van der Waals surface area contributed by atoms with Crippen molar-refractivity contribution in [3.8, 4) is 0 Å². The molecule has 1 aromatic rings. The normalized spacial score (nSPS) is 23.4. The molecule has 98 valence electrons. The first kappa shape index (κ1) is 13.3. The second kappa shape index (κ2) is 6.14. The maximum absolute atomic E-state index is 13.0. The molecule has 0 saturated heterocycles. The van der Waals surface area contributed by atoms with E-state index in [0.717, 1.165) is 18.8 Å². The minimum absolute atomic E-state index is 0.255. The van der Waals surface area contributed by atoms with Gasteiger partial charge in [0.25, 0.3) is 0 Å². The van der Waals surface area contributed by atoms with E-state index in [9.17, 15) is 4.39 Å². The molecule has 0 atom stereocenters. The summed E-state index contributed by atoms with van der Waals surface area (Å²) in [5.74, 6) is 0.571. The van der Waals surface area contributed by atoms with Gasteiger partial charge in [0.15, 0.2) is 5.11 Å². The fraction of sp³-hybridized carbons (Fsp3) is 0.500. The lowest BCUT2D eigenvalue weighted by molar-refractivity contribution is 0.332. The summed E-state index contributed by atoms with van der Waals surface area (Å²) in [5, 5.41) is 6.91. The molecule has 1 saturated carbocycles. The molecule has 0 aliphatic heterocycles. The Balaban J connectivity index is 1.82. The molecular formula is C14H19FN2S. The molecule has 1 aliphatic carbocycles. The average Bonchev–Trinajstić information content (AvgIpc) is 2.32. The third-order valence-electron chi connectivity index (χ3n) is 3.43. The summed E-state index contributed by atoms with van der Waals surface area (Å²) >= 11 is 5.24. The van der Waals surface area contributed by atoms with Crippen LogP contribution in [0.1, 0.15) is 32.6 Å². The zero-order chi connectivity index (χ0) is 13.0. The van der Waals surface area contributed by atoms with Crippen LogP contribution in [0.5, 0.6) is 0 Å². The fourth-order valence-electron chi connectivity index (χ4n) is 2.32. The van der Waals surface area contributed by atoms with Crippen molar-refractivity contribution in [1.82, 2.24) is 5.32 Å². The standard InChI is InChI=1S/C14H19FN2S/c1-10-5-7-12(8-6-10)16-14(18)17-13-4-2-3-11(15)9-13/h2-4,9-10,12H,5-8H2,1H3,(H2,16,17,18). The molecule has 1 aromatic carbocycles. The van der Waals surface area contributed by atoms with Gasteiger partial charge in [-0.05, 0) is 62.0 Å². The van der Waals surface area contributed by atoms with Crippen LogP contribution < -0.4 is 10.6 Å². The van der Waals surface area contributed by atoms with Crippen molar-refractivity contribution < 1.29 is 4.39 Å². The van der Waals surface area contributed by atoms with Gasteiger partial charge in [0, 0.05) is 11.7 Å². The van der Waals surface area contributed by atoms with Crippen molar-refractivity contribution in [2.45, 2.75) is 38.6 Å². The highest BCUT2D eigenvalue weighted by molar-refractivity contribution is 7.80. The minimum atomic E-state index is -0.255. The Morgan fingerprint density at radius 1 is 1.28 bits per heavy atom. The highest BCUT2D eigenvalue weighted by atomic mass is 32.1. The van der Waals surface area contributed by atoms with E-state index in [-0.39, 0.29) is 5.82 Å². The lowest BCUT2D eigenvalue weighted by atomic mass is 9.87. The molecule has 0 amide bonds. The average molecular weight is 266 g/mol. The Morgan fingerprint density at radius 2 is 2.00 bits per heavy atom. The van der Waals surface area contributed by atoms with E-state index in [0.29, 0.717) is 16.8 Å². The molecule has 1 fully saturated rings. The molecule has 2 rings (SSSR count). The van der Waals surface area contributed by atoms with E-state index in [1.54, 1.807) is 12.1 Å². The highest BCUT2D eigenvalue weighted by Crippen LogP contribution is 2.23. The lowest BCUT2D eigenvalue weighted by Gasteiger charge is -2.28. The quantitative estimate of drug-likeness (QED) is 0.798. The Hall–Kier alpha value is -1.16. The number of halogens is 1. The van der Waals surface area contributed by atoms with Gasteiger partial charge in [-0.3, -0.25) is 0 Å². The SMILES string of the molecule is CC1CCC(NC(=S)Nc2cccc(F)c2)CC1. The van der Waals surface area contributed by atoms with Gasteiger partial charge < -0.3 is 10.6 Å². The van der Waals surface area contributed by atoms with Crippen LogP contribution in [0.25, 0.3) is 0 Å². The van der Waals surface area contributed by atoms with Gasteiger partial charge >= 0.3 is 0 Å². The summed E-state index contributed by atoms with van der Waals surface area (Å²) in [6, 6.07) is 6.79. The van der Waals surface area contributed by atoms with E-state index in [1.807, 2.05) is 0 Å². The second-order valence-corrected chi connectivity index (χ2v) is 5.47. The van der Waals surface area contributed by atoms with E-state index >= 15 is 0 Å². The van der Waals surface area contributed by atoms with E-state index in [1.165, 1.54) is 25.0 Å². The molecule has 1 aliphatic rings. The number of anilines is 1. The van der Waals surface area contributed by atoms with E-state index < -0.39 is 0 Å². The van der Waals surface area contributed by atoms with Crippen LogP contribution in [-0.4, -0.2) is 11.2 Å². The van der Waals surface area contributed by atoms with Crippen molar-refractivity contribution in [2.75, 3.05) is 5.32 Å². The first-order valence-electron chi connectivity index (χ1n) is 6.46. The van der Waals surface area contributed by atoms with Crippen molar-refractivity contribution in [3.63, 3.8) is 0 Å². The van der Waals surface area contributed by atoms with Crippen LogP contribution in [0, 0.1) is 11.7 Å². The van der Waals surface area contributed by atoms with Gasteiger partial charge in [0.1, 0.15) is 5.82 Å². The predicted octanol–water partition coefficient (Wildman–Crippen LogP) is 3.69. The van der Waals surface area contributed by atoms with Gasteiger partial charge in [-0.15, -0.1) is 0 Å². The van der Waals surface area contributed by atoms with Crippen molar-refractivity contribution >= 4 is 23.0 Å². The zero-order valence-electron chi connectivity index (χ0n) is 10.6. The monoisotopic (exact) mass is 266 g/mol. The maximum Gasteiger partial charge on any atom is 0.170 e. The molecule has 18 heavy (non-hydrogen) atoms. The molecule has 0 spiro atoms. The lowest BCUT2D eigenvalue weighted by Crippen LogP contribution is -2.39. The molecule has 2 nitrogen and oxygen atoms in total. The molecule has 0 aromatic heterocycles. The molecule has 0 radical (unpaired) electrons. The highest BCUT2D eigenvalue weighted by Gasteiger charge is 2.18. The number of hydrogen-bond donors (Lipinski definition) is 2. The molecule has 0 bridgehead atoms. The number of thiocarbonyl (C=S) groups is 1. The van der Waals surface area contributed by atoms with Gasteiger partial charge in [0.2, 0.25) is 0 Å². The third kappa shape index (κ3) is 3.95. The molecular weight excluding hydrogens is 247 g/mol. The summed E-state index contributed by atoms with van der Waals surface area (Å²) in [6.45, 7) is 2.29. The molecule has 0 heterocycles. The van der Waals surface area contributed by atoms with Crippen molar-refractivity contribution in [1.29, 1.82) is 0 Å². The fourth-order valence-corrected chi connectivity index (χ4v) is 2.61. The van der Waals surface area contributed by atoms with Crippen LogP contribution in [0.2, 0.25) is 0 Å². The number of benzene rings is 1. The summed E-state index contributed by atoms with van der Waals surface area (Å²) < 4.78 is 13.0.